The summed E-state index contributed by atoms with van der Waals surface area (Å²) in [6.45, 7) is 2.98. The summed E-state index contributed by atoms with van der Waals surface area (Å²) in [5.74, 6) is 1.38. The van der Waals surface area contributed by atoms with Crippen LogP contribution in [0.4, 0.5) is 0 Å². The topological polar surface area (TPSA) is 55.1 Å². The second-order valence-electron chi connectivity index (χ2n) is 4.21. The molecule has 3 N–H and O–H groups in total. The van der Waals surface area contributed by atoms with E-state index in [1.54, 1.807) is 0 Å². The molecule has 1 aromatic rings. The highest BCUT2D eigenvalue weighted by molar-refractivity contribution is 7.10. The smallest absolute Gasteiger partial charge is 0.242 e. The van der Waals surface area contributed by atoms with Gasteiger partial charge in [0.05, 0.1) is 0 Å². The molecular formula is C11H16N2OS. The van der Waals surface area contributed by atoms with Gasteiger partial charge in [0.25, 0.3) is 0 Å². The first-order chi connectivity index (χ1) is 7.18. The van der Waals surface area contributed by atoms with Crippen molar-refractivity contribution in [2.24, 2.45) is 17.6 Å². The molecule has 0 spiro atoms. The van der Waals surface area contributed by atoms with Crippen LogP contribution in [0.1, 0.15) is 24.3 Å². The van der Waals surface area contributed by atoms with Crippen molar-refractivity contribution in [3.63, 3.8) is 0 Å². The summed E-state index contributed by atoms with van der Waals surface area (Å²) >= 11 is 1.52. The van der Waals surface area contributed by atoms with E-state index in [1.165, 1.54) is 17.8 Å². The van der Waals surface area contributed by atoms with Gasteiger partial charge in [-0.05, 0) is 29.7 Å². The van der Waals surface area contributed by atoms with Crippen LogP contribution < -0.4 is 11.1 Å². The molecule has 3 atom stereocenters. The molecular weight excluding hydrogens is 208 g/mol. The number of carbonyl (C=O) groups excluding carboxylic acids is 1. The van der Waals surface area contributed by atoms with Gasteiger partial charge in [-0.25, -0.2) is 0 Å². The summed E-state index contributed by atoms with van der Waals surface area (Å²) in [4.78, 5) is 12.6. The van der Waals surface area contributed by atoms with Crippen LogP contribution in [0.5, 0.6) is 0 Å². The lowest BCUT2D eigenvalue weighted by Gasteiger charge is -2.10. The van der Waals surface area contributed by atoms with Crippen LogP contribution in [0.2, 0.25) is 0 Å². The van der Waals surface area contributed by atoms with Crippen LogP contribution in [-0.2, 0) is 4.79 Å². The van der Waals surface area contributed by atoms with E-state index < -0.39 is 6.04 Å². The Labute approximate surface area is 93.7 Å². The Morgan fingerprint density at radius 3 is 3.07 bits per heavy atom. The van der Waals surface area contributed by atoms with Gasteiger partial charge in [-0.3, -0.25) is 4.79 Å². The van der Waals surface area contributed by atoms with Gasteiger partial charge >= 0.3 is 0 Å². The predicted octanol–water partition coefficient (Wildman–Crippen LogP) is 1.52. The molecule has 82 valence electrons. The summed E-state index contributed by atoms with van der Waals surface area (Å²) in [5.41, 5.74) is 5.82. The standard InChI is InChI=1S/C11H16N2OS/c1-7-5-8(7)6-13-11(14)10(12)9-3-2-4-15-9/h2-4,7-8,10H,5-6,12H2,1H3,(H,13,14). The Morgan fingerprint density at radius 2 is 2.53 bits per heavy atom. The zero-order chi connectivity index (χ0) is 10.8. The van der Waals surface area contributed by atoms with Crippen molar-refractivity contribution in [3.8, 4) is 0 Å². The summed E-state index contributed by atoms with van der Waals surface area (Å²) < 4.78 is 0. The van der Waals surface area contributed by atoms with E-state index in [1.807, 2.05) is 17.5 Å². The number of rotatable bonds is 4. The number of hydrogen-bond donors (Lipinski definition) is 2. The molecule has 1 aliphatic rings. The Balaban J connectivity index is 1.80. The first-order valence-electron chi connectivity index (χ1n) is 5.25. The molecule has 3 unspecified atom stereocenters. The molecule has 3 nitrogen and oxygen atoms in total. The van der Waals surface area contributed by atoms with E-state index in [0.29, 0.717) is 5.92 Å². The maximum atomic E-state index is 11.7. The molecule has 1 amide bonds. The van der Waals surface area contributed by atoms with Crippen LogP contribution in [0.3, 0.4) is 0 Å². The number of nitrogens with two attached hydrogens (primary N) is 1. The zero-order valence-electron chi connectivity index (χ0n) is 8.77. The van der Waals surface area contributed by atoms with Crippen molar-refractivity contribution in [2.75, 3.05) is 6.54 Å². The minimum Gasteiger partial charge on any atom is -0.354 e. The van der Waals surface area contributed by atoms with Crippen molar-refractivity contribution >= 4 is 17.2 Å². The predicted molar refractivity (Wildman–Crippen MR) is 61.5 cm³/mol. The molecule has 1 fully saturated rings. The fraction of sp³-hybridized carbons (Fsp3) is 0.545. The van der Waals surface area contributed by atoms with Gasteiger partial charge in [0, 0.05) is 11.4 Å². The van der Waals surface area contributed by atoms with E-state index in [4.69, 9.17) is 5.73 Å². The number of thiophene rings is 1. The molecule has 0 bridgehead atoms. The van der Waals surface area contributed by atoms with Crippen molar-refractivity contribution < 1.29 is 4.79 Å². The second-order valence-corrected chi connectivity index (χ2v) is 5.19. The highest BCUT2D eigenvalue weighted by atomic mass is 32.1. The summed E-state index contributed by atoms with van der Waals surface area (Å²) in [5, 5.41) is 4.84. The van der Waals surface area contributed by atoms with Crippen LogP contribution in [0.25, 0.3) is 0 Å². The highest BCUT2D eigenvalue weighted by Gasteiger charge is 2.32. The number of carbonyl (C=O) groups is 1. The minimum absolute atomic E-state index is 0.0587. The third-order valence-corrected chi connectivity index (χ3v) is 3.90. The van der Waals surface area contributed by atoms with Crippen molar-refractivity contribution in [3.05, 3.63) is 22.4 Å². The molecule has 1 aromatic heterocycles. The van der Waals surface area contributed by atoms with E-state index in [9.17, 15) is 4.79 Å². The molecule has 1 heterocycles. The average Bonchev–Trinajstić information content (AvgIpc) is 2.71. The van der Waals surface area contributed by atoms with Crippen LogP contribution in [-0.4, -0.2) is 12.5 Å². The van der Waals surface area contributed by atoms with E-state index in [2.05, 4.69) is 12.2 Å². The molecule has 1 saturated carbocycles. The fourth-order valence-corrected chi connectivity index (χ4v) is 2.35. The maximum absolute atomic E-state index is 11.7. The number of nitrogens with one attached hydrogen (secondary N) is 1. The zero-order valence-corrected chi connectivity index (χ0v) is 9.59. The molecule has 4 heteroatoms. The maximum Gasteiger partial charge on any atom is 0.242 e. The lowest BCUT2D eigenvalue weighted by Crippen LogP contribution is -2.34. The van der Waals surface area contributed by atoms with Crippen molar-refractivity contribution in [1.29, 1.82) is 0 Å². The third-order valence-electron chi connectivity index (χ3n) is 2.95. The molecule has 1 aliphatic carbocycles. The quantitative estimate of drug-likeness (QED) is 0.814. The molecule has 0 saturated heterocycles. The van der Waals surface area contributed by atoms with Crippen LogP contribution in [0.15, 0.2) is 17.5 Å². The average molecular weight is 224 g/mol. The highest BCUT2D eigenvalue weighted by Crippen LogP contribution is 2.36. The summed E-state index contributed by atoms with van der Waals surface area (Å²) in [7, 11) is 0. The Morgan fingerprint density at radius 1 is 1.80 bits per heavy atom. The van der Waals surface area contributed by atoms with E-state index in [-0.39, 0.29) is 5.91 Å². The van der Waals surface area contributed by atoms with Gasteiger partial charge in [0.15, 0.2) is 0 Å². The minimum atomic E-state index is -0.501. The third kappa shape index (κ3) is 2.58. The molecule has 0 aromatic carbocycles. The van der Waals surface area contributed by atoms with E-state index in [0.717, 1.165) is 17.3 Å². The molecule has 2 rings (SSSR count). The number of amides is 1. The van der Waals surface area contributed by atoms with Gasteiger partial charge < -0.3 is 11.1 Å². The summed E-state index contributed by atoms with van der Waals surface area (Å²) in [6.07, 6.45) is 1.23. The first kappa shape index (κ1) is 10.6. The van der Waals surface area contributed by atoms with Crippen molar-refractivity contribution in [2.45, 2.75) is 19.4 Å². The van der Waals surface area contributed by atoms with Crippen LogP contribution >= 0.6 is 11.3 Å². The Bertz CT molecular complexity index is 336. The molecule has 0 radical (unpaired) electrons. The SMILES string of the molecule is CC1CC1CNC(=O)C(N)c1cccs1. The molecule has 0 aliphatic heterocycles. The van der Waals surface area contributed by atoms with Gasteiger partial charge in [-0.2, -0.15) is 0 Å². The fourth-order valence-electron chi connectivity index (χ4n) is 1.62. The van der Waals surface area contributed by atoms with Gasteiger partial charge in [-0.1, -0.05) is 13.0 Å². The summed E-state index contributed by atoms with van der Waals surface area (Å²) in [6, 6.07) is 3.31. The second kappa shape index (κ2) is 4.33. The lowest BCUT2D eigenvalue weighted by atomic mass is 10.2. The van der Waals surface area contributed by atoms with Crippen LogP contribution in [0, 0.1) is 11.8 Å². The lowest BCUT2D eigenvalue weighted by molar-refractivity contribution is -0.122. The number of hydrogen-bond acceptors (Lipinski definition) is 3. The first-order valence-corrected chi connectivity index (χ1v) is 6.13. The largest absolute Gasteiger partial charge is 0.354 e. The van der Waals surface area contributed by atoms with Gasteiger partial charge in [0.2, 0.25) is 5.91 Å². The Kier molecular flexibility index (Phi) is 3.07. The Hall–Kier alpha value is -0.870. The van der Waals surface area contributed by atoms with Crippen molar-refractivity contribution in [1.82, 2.24) is 5.32 Å². The normalized spacial score (nSPS) is 26.0. The van der Waals surface area contributed by atoms with E-state index >= 15 is 0 Å². The van der Waals surface area contributed by atoms with Gasteiger partial charge in [-0.15, -0.1) is 11.3 Å². The van der Waals surface area contributed by atoms with Gasteiger partial charge in [0.1, 0.15) is 6.04 Å². The monoisotopic (exact) mass is 224 g/mol. The molecule has 15 heavy (non-hydrogen) atoms.